The Balaban J connectivity index is 1.66. The Labute approximate surface area is 142 Å². The zero-order valence-corrected chi connectivity index (χ0v) is 14.4. The van der Waals surface area contributed by atoms with E-state index in [0.717, 1.165) is 25.0 Å². The van der Waals surface area contributed by atoms with Gasteiger partial charge in [-0.3, -0.25) is 19.2 Å². The Kier molecular flexibility index (Phi) is 5.28. The van der Waals surface area contributed by atoms with Gasteiger partial charge in [0.05, 0.1) is 23.8 Å². The predicted octanol–water partition coefficient (Wildman–Crippen LogP) is 0.783. The molecule has 24 heavy (non-hydrogen) atoms. The van der Waals surface area contributed by atoms with Gasteiger partial charge in [-0.25, -0.2) is 4.98 Å². The average Bonchev–Trinajstić information content (AvgIpc) is 2.96. The summed E-state index contributed by atoms with van der Waals surface area (Å²) < 4.78 is 1.71. The lowest BCUT2D eigenvalue weighted by Crippen LogP contribution is -2.43. The van der Waals surface area contributed by atoms with E-state index in [1.807, 2.05) is 24.3 Å². The van der Waals surface area contributed by atoms with Crippen LogP contribution in [0.4, 0.5) is 0 Å². The predicted molar refractivity (Wildman–Crippen MR) is 95.2 cm³/mol. The van der Waals surface area contributed by atoms with E-state index in [9.17, 15) is 4.79 Å². The molecule has 3 rings (SSSR count). The molecule has 130 valence electrons. The van der Waals surface area contributed by atoms with Gasteiger partial charge in [0.25, 0.3) is 5.56 Å². The molecular formula is C18H26N4O2. The molecule has 1 aromatic heterocycles. The number of hydrogen-bond donors (Lipinski definition) is 1. The highest BCUT2D eigenvalue weighted by Gasteiger charge is 2.32. The molecule has 1 aliphatic heterocycles. The lowest BCUT2D eigenvalue weighted by atomic mass is 10.1. The molecule has 2 aromatic rings. The Morgan fingerprint density at radius 3 is 2.92 bits per heavy atom. The van der Waals surface area contributed by atoms with E-state index in [0.29, 0.717) is 30.6 Å². The van der Waals surface area contributed by atoms with Gasteiger partial charge >= 0.3 is 0 Å². The van der Waals surface area contributed by atoms with Crippen molar-refractivity contribution in [2.75, 3.05) is 33.3 Å². The molecule has 0 saturated carbocycles. The summed E-state index contributed by atoms with van der Waals surface area (Å²) in [6.07, 6.45) is 2.75. The molecule has 6 heteroatoms. The molecule has 0 spiro atoms. The Morgan fingerprint density at radius 1 is 1.33 bits per heavy atom. The molecule has 6 nitrogen and oxygen atoms in total. The molecular weight excluding hydrogens is 304 g/mol. The second-order valence-electron chi connectivity index (χ2n) is 6.60. The maximum absolute atomic E-state index is 12.5. The number of nitrogens with zero attached hydrogens (tertiary/aromatic N) is 4. The molecule has 0 aliphatic carbocycles. The fraction of sp³-hybridized carbons (Fsp3) is 0.556. The van der Waals surface area contributed by atoms with Crippen molar-refractivity contribution >= 4 is 10.9 Å². The highest BCUT2D eigenvalue weighted by Crippen LogP contribution is 2.21. The summed E-state index contributed by atoms with van der Waals surface area (Å²) in [5.74, 6) is 0. The minimum absolute atomic E-state index is 0.0291. The molecule has 0 amide bonds. The molecule has 2 heterocycles. The third kappa shape index (κ3) is 3.36. The number of hydrogen-bond acceptors (Lipinski definition) is 5. The Hall–Kier alpha value is -1.76. The molecule has 2 atom stereocenters. The molecule has 0 radical (unpaired) electrons. The fourth-order valence-electron chi connectivity index (χ4n) is 3.72. The molecule has 1 saturated heterocycles. The first-order valence-electron chi connectivity index (χ1n) is 8.61. The van der Waals surface area contributed by atoms with Crippen molar-refractivity contribution in [2.45, 2.75) is 32.0 Å². The van der Waals surface area contributed by atoms with E-state index in [1.54, 1.807) is 10.9 Å². The highest BCUT2D eigenvalue weighted by molar-refractivity contribution is 5.76. The second-order valence-corrected chi connectivity index (χ2v) is 6.60. The van der Waals surface area contributed by atoms with Gasteiger partial charge in [0.2, 0.25) is 0 Å². The van der Waals surface area contributed by atoms with Crippen molar-refractivity contribution in [2.24, 2.45) is 0 Å². The van der Waals surface area contributed by atoms with Crippen LogP contribution in [0.5, 0.6) is 0 Å². The third-order valence-corrected chi connectivity index (χ3v) is 5.22. The van der Waals surface area contributed by atoms with Crippen molar-refractivity contribution in [3.05, 3.63) is 40.9 Å². The topological polar surface area (TPSA) is 61.6 Å². The number of benzene rings is 1. The SMILES string of the molecule is C[C@@H]1[C@H](N(C)CCO)CCN1CCn1cnc2ccccc2c1=O. The standard InChI is InChI=1S/C18H26N4O2/c1-14-17(20(2)11-12-23)7-8-21(14)9-10-22-13-19-16-6-4-3-5-15(16)18(22)24/h3-6,13-14,17,23H,7-12H2,1-2H3/t14-,17-/m1/s1. The van der Waals surface area contributed by atoms with E-state index in [4.69, 9.17) is 5.11 Å². The summed E-state index contributed by atoms with van der Waals surface area (Å²) in [4.78, 5) is 21.6. The Morgan fingerprint density at radius 2 is 2.12 bits per heavy atom. The lowest BCUT2D eigenvalue weighted by molar-refractivity contribution is 0.145. The van der Waals surface area contributed by atoms with Gasteiger partial charge < -0.3 is 5.11 Å². The number of likely N-dealkylation sites (tertiary alicyclic amines) is 1. The first kappa shape index (κ1) is 17.1. The van der Waals surface area contributed by atoms with Crippen LogP contribution in [0.3, 0.4) is 0 Å². The highest BCUT2D eigenvalue weighted by atomic mass is 16.3. The number of aliphatic hydroxyl groups excluding tert-OH is 1. The second kappa shape index (κ2) is 7.42. The van der Waals surface area contributed by atoms with Crippen LogP contribution in [0.1, 0.15) is 13.3 Å². The van der Waals surface area contributed by atoms with Gasteiger partial charge in [-0.05, 0) is 32.5 Å². The van der Waals surface area contributed by atoms with Crippen LogP contribution in [0.25, 0.3) is 10.9 Å². The number of aromatic nitrogens is 2. The first-order valence-corrected chi connectivity index (χ1v) is 8.61. The molecule has 1 aliphatic rings. The van der Waals surface area contributed by atoms with Crippen molar-refractivity contribution in [1.82, 2.24) is 19.4 Å². The number of aliphatic hydroxyl groups is 1. The quantitative estimate of drug-likeness (QED) is 0.848. The summed E-state index contributed by atoms with van der Waals surface area (Å²) >= 11 is 0. The number of rotatable bonds is 6. The van der Waals surface area contributed by atoms with Crippen LogP contribution in [0.15, 0.2) is 35.4 Å². The largest absolute Gasteiger partial charge is 0.395 e. The third-order valence-electron chi connectivity index (χ3n) is 5.22. The molecule has 0 unspecified atom stereocenters. The maximum Gasteiger partial charge on any atom is 0.261 e. The van der Waals surface area contributed by atoms with Gasteiger partial charge in [-0.1, -0.05) is 12.1 Å². The first-order chi connectivity index (χ1) is 11.6. The van der Waals surface area contributed by atoms with Gasteiger partial charge in [0.1, 0.15) is 0 Å². The van der Waals surface area contributed by atoms with Crippen LogP contribution in [0, 0.1) is 0 Å². The van der Waals surface area contributed by atoms with Gasteiger partial charge in [0, 0.05) is 38.3 Å². The average molecular weight is 330 g/mol. The number of likely N-dealkylation sites (N-methyl/N-ethyl adjacent to an activating group) is 1. The number of para-hydroxylation sites is 1. The van der Waals surface area contributed by atoms with E-state index < -0.39 is 0 Å². The van der Waals surface area contributed by atoms with Crippen LogP contribution >= 0.6 is 0 Å². The lowest BCUT2D eigenvalue weighted by Gasteiger charge is -2.30. The van der Waals surface area contributed by atoms with Crippen LogP contribution < -0.4 is 5.56 Å². The molecule has 1 aromatic carbocycles. The monoisotopic (exact) mass is 330 g/mol. The van der Waals surface area contributed by atoms with E-state index in [1.165, 1.54) is 0 Å². The van der Waals surface area contributed by atoms with Gasteiger partial charge in [0.15, 0.2) is 0 Å². The molecule has 0 bridgehead atoms. The normalized spacial score (nSPS) is 21.8. The maximum atomic E-state index is 12.5. The summed E-state index contributed by atoms with van der Waals surface area (Å²) in [6.45, 7) is 5.64. The molecule has 1 N–H and O–H groups in total. The number of fused-ring (bicyclic) bond motifs is 1. The minimum Gasteiger partial charge on any atom is -0.395 e. The van der Waals surface area contributed by atoms with Gasteiger partial charge in [-0.2, -0.15) is 0 Å². The van der Waals surface area contributed by atoms with Crippen LogP contribution in [0.2, 0.25) is 0 Å². The zero-order valence-electron chi connectivity index (χ0n) is 14.4. The summed E-state index contributed by atoms with van der Waals surface area (Å²) in [5, 5.41) is 9.79. The van der Waals surface area contributed by atoms with Crippen molar-refractivity contribution in [3.8, 4) is 0 Å². The van der Waals surface area contributed by atoms with E-state index in [2.05, 4.69) is 28.8 Å². The fourth-order valence-corrected chi connectivity index (χ4v) is 3.72. The Bertz CT molecular complexity index is 745. The molecule has 1 fully saturated rings. The minimum atomic E-state index is 0.0291. The zero-order chi connectivity index (χ0) is 17.1. The summed E-state index contributed by atoms with van der Waals surface area (Å²) in [6, 6.07) is 8.35. The smallest absolute Gasteiger partial charge is 0.261 e. The van der Waals surface area contributed by atoms with E-state index >= 15 is 0 Å². The van der Waals surface area contributed by atoms with Crippen molar-refractivity contribution in [1.29, 1.82) is 0 Å². The van der Waals surface area contributed by atoms with Crippen molar-refractivity contribution < 1.29 is 5.11 Å². The van der Waals surface area contributed by atoms with Crippen LogP contribution in [-0.2, 0) is 6.54 Å². The van der Waals surface area contributed by atoms with Crippen LogP contribution in [-0.4, -0.2) is 69.8 Å². The van der Waals surface area contributed by atoms with Gasteiger partial charge in [-0.15, -0.1) is 0 Å². The van der Waals surface area contributed by atoms with E-state index in [-0.39, 0.29) is 12.2 Å². The summed E-state index contributed by atoms with van der Waals surface area (Å²) in [5.41, 5.74) is 0.778. The van der Waals surface area contributed by atoms with Crippen molar-refractivity contribution in [3.63, 3.8) is 0 Å². The summed E-state index contributed by atoms with van der Waals surface area (Å²) in [7, 11) is 2.07.